The van der Waals surface area contributed by atoms with Crippen LogP contribution in [0.5, 0.6) is 0 Å². The summed E-state index contributed by atoms with van der Waals surface area (Å²) < 4.78 is 0. The summed E-state index contributed by atoms with van der Waals surface area (Å²) in [6, 6.07) is 10.9. The van der Waals surface area contributed by atoms with E-state index in [2.05, 4.69) is 44.7 Å². The Morgan fingerprint density at radius 1 is 1.26 bits per heavy atom. The van der Waals surface area contributed by atoms with Crippen molar-refractivity contribution in [2.24, 2.45) is 0 Å². The maximum absolute atomic E-state index is 4.25. The quantitative estimate of drug-likeness (QED) is 0.934. The molecule has 3 rings (SSSR count). The Kier molecular flexibility index (Phi) is 3.64. The van der Waals surface area contributed by atoms with Crippen LogP contribution >= 0.6 is 11.3 Å². The summed E-state index contributed by atoms with van der Waals surface area (Å²) in [6.45, 7) is 4.09. The van der Waals surface area contributed by atoms with E-state index in [1.807, 2.05) is 13.0 Å². The number of hydrogen-bond acceptors (Lipinski definition) is 5. The normalized spacial score (nSPS) is 19.4. The molecule has 0 amide bonds. The number of piperidine rings is 1. The zero-order valence-corrected chi connectivity index (χ0v) is 11.9. The molecular formula is C14H18N4S. The molecule has 1 N–H and O–H groups in total. The zero-order valence-electron chi connectivity index (χ0n) is 11.0. The molecule has 0 bridgehead atoms. The van der Waals surface area contributed by atoms with Gasteiger partial charge in [0.2, 0.25) is 5.13 Å². The SMILES string of the molecule is Cc1nnc(N2CCCC(Nc3ccccc3)C2)s1. The van der Waals surface area contributed by atoms with Crippen molar-refractivity contribution >= 4 is 22.2 Å². The van der Waals surface area contributed by atoms with E-state index in [9.17, 15) is 0 Å². The molecule has 19 heavy (non-hydrogen) atoms. The van der Waals surface area contributed by atoms with Gasteiger partial charge in [-0.25, -0.2) is 0 Å². The van der Waals surface area contributed by atoms with Crippen molar-refractivity contribution in [2.75, 3.05) is 23.3 Å². The van der Waals surface area contributed by atoms with Gasteiger partial charge in [-0.05, 0) is 31.9 Å². The third kappa shape index (κ3) is 3.04. The number of nitrogens with one attached hydrogen (secondary N) is 1. The fourth-order valence-electron chi connectivity index (χ4n) is 2.45. The highest BCUT2D eigenvalue weighted by molar-refractivity contribution is 7.15. The van der Waals surface area contributed by atoms with Crippen molar-refractivity contribution in [3.63, 3.8) is 0 Å². The lowest BCUT2D eigenvalue weighted by Gasteiger charge is -2.33. The number of hydrogen-bond donors (Lipinski definition) is 1. The van der Waals surface area contributed by atoms with Crippen molar-refractivity contribution in [3.05, 3.63) is 35.3 Å². The first kappa shape index (κ1) is 12.4. The molecule has 1 aliphatic heterocycles. The molecule has 1 aromatic carbocycles. The summed E-state index contributed by atoms with van der Waals surface area (Å²) in [5.41, 5.74) is 1.20. The number of aryl methyl sites for hydroxylation is 1. The van der Waals surface area contributed by atoms with Gasteiger partial charge in [0.1, 0.15) is 5.01 Å². The molecule has 0 spiro atoms. The van der Waals surface area contributed by atoms with E-state index in [0.717, 1.165) is 23.2 Å². The largest absolute Gasteiger partial charge is 0.381 e. The summed E-state index contributed by atoms with van der Waals surface area (Å²) in [4.78, 5) is 2.34. The van der Waals surface area contributed by atoms with Crippen LogP contribution in [0, 0.1) is 6.92 Å². The third-order valence-electron chi connectivity index (χ3n) is 3.35. The predicted molar refractivity (Wildman–Crippen MR) is 79.9 cm³/mol. The van der Waals surface area contributed by atoms with Gasteiger partial charge in [0.05, 0.1) is 0 Å². The third-order valence-corrected chi connectivity index (χ3v) is 4.25. The summed E-state index contributed by atoms with van der Waals surface area (Å²) >= 11 is 1.68. The highest BCUT2D eigenvalue weighted by atomic mass is 32.1. The predicted octanol–water partition coefficient (Wildman–Crippen LogP) is 2.93. The monoisotopic (exact) mass is 274 g/mol. The average molecular weight is 274 g/mol. The van der Waals surface area contributed by atoms with Crippen molar-refractivity contribution in [3.8, 4) is 0 Å². The molecule has 2 heterocycles. The van der Waals surface area contributed by atoms with Crippen LogP contribution in [0.25, 0.3) is 0 Å². The minimum atomic E-state index is 0.486. The lowest BCUT2D eigenvalue weighted by atomic mass is 10.1. The highest BCUT2D eigenvalue weighted by Crippen LogP contribution is 2.24. The molecule has 5 heteroatoms. The van der Waals surface area contributed by atoms with E-state index in [1.54, 1.807) is 11.3 Å². The molecule has 1 fully saturated rings. The van der Waals surface area contributed by atoms with Crippen molar-refractivity contribution in [1.29, 1.82) is 0 Å². The Morgan fingerprint density at radius 2 is 2.11 bits per heavy atom. The van der Waals surface area contributed by atoms with Gasteiger partial charge in [0, 0.05) is 24.8 Å². The summed E-state index contributed by atoms with van der Waals surface area (Å²) in [5.74, 6) is 0. The summed E-state index contributed by atoms with van der Waals surface area (Å²) in [6.07, 6.45) is 2.41. The molecule has 0 aliphatic carbocycles. The van der Waals surface area contributed by atoms with E-state index in [-0.39, 0.29) is 0 Å². The molecule has 0 radical (unpaired) electrons. The minimum Gasteiger partial charge on any atom is -0.381 e. The lowest BCUT2D eigenvalue weighted by molar-refractivity contribution is 0.528. The van der Waals surface area contributed by atoms with Crippen molar-refractivity contribution in [2.45, 2.75) is 25.8 Å². The Hall–Kier alpha value is -1.62. The summed E-state index contributed by atoms with van der Waals surface area (Å²) in [5, 5.41) is 14.0. The van der Waals surface area contributed by atoms with Crippen LogP contribution in [0.3, 0.4) is 0 Å². The second-order valence-corrected chi connectivity index (χ2v) is 6.06. The lowest BCUT2D eigenvalue weighted by Crippen LogP contribution is -2.42. The molecule has 0 saturated carbocycles. The molecule has 1 atom stereocenters. The number of aromatic nitrogens is 2. The Morgan fingerprint density at radius 3 is 2.84 bits per heavy atom. The van der Waals surface area contributed by atoms with Crippen LogP contribution in [0.2, 0.25) is 0 Å². The van der Waals surface area contributed by atoms with E-state index >= 15 is 0 Å². The zero-order chi connectivity index (χ0) is 13.1. The van der Waals surface area contributed by atoms with E-state index in [1.165, 1.54) is 18.5 Å². The Labute approximate surface area is 117 Å². The van der Waals surface area contributed by atoms with Crippen LogP contribution < -0.4 is 10.2 Å². The fourth-order valence-corrected chi connectivity index (χ4v) is 3.18. The van der Waals surface area contributed by atoms with Crippen LogP contribution in [0.4, 0.5) is 10.8 Å². The molecule has 100 valence electrons. The van der Waals surface area contributed by atoms with Gasteiger partial charge in [0.25, 0.3) is 0 Å². The van der Waals surface area contributed by atoms with Gasteiger partial charge in [-0.15, -0.1) is 10.2 Å². The van der Waals surface area contributed by atoms with E-state index < -0.39 is 0 Å². The number of nitrogens with zero attached hydrogens (tertiary/aromatic N) is 3. The molecular weight excluding hydrogens is 256 g/mol. The average Bonchev–Trinajstić information content (AvgIpc) is 2.87. The van der Waals surface area contributed by atoms with Crippen LogP contribution in [-0.2, 0) is 0 Å². The van der Waals surface area contributed by atoms with Crippen molar-refractivity contribution in [1.82, 2.24) is 10.2 Å². The molecule has 1 saturated heterocycles. The molecule has 1 aliphatic rings. The van der Waals surface area contributed by atoms with Crippen LogP contribution in [0.15, 0.2) is 30.3 Å². The first-order valence-corrected chi connectivity index (χ1v) is 7.49. The highest BCUT2D eigenvalue weighted by Gasteiger charge is 2.22. The van der Waals surface area contributed by atoms with Gasteiger partial charge in [0.15, 0.2) is 0 Å². The fraction of sp³-hybridized carbons (Fsp3) is 0.429. The molecule has 1 unspecified atom stereocenters. The summed E-state index contributed by atoms with van der Waals surface area (Å²) in [7, 11) is 0. The van der Waals surface area contributed by atoms with E-state index in [4.69, 9.17) is 0 Å². The van der Waals surface area contributed by atoms with Crippen LogP contribution in [-0.4, -0.2) is 29.3 Å². The van der Waals surface area contributed by atoms with Crippen molar-refractivity contribution < 1.29 is 0 Å². The number of anilines is 2. The Bertz CT molecular complexity index is 525. The minimum absolute atomic E-state index is 0.486. The number of benzene rings is 1. The second-order valence-electron chi connectivity index (χ2n) is 4.90. The standard InChI is InChI=1S/C14H18N4S/c1-11-16-17-14(19-11)18-9-5-8-13(10-18)15-12-6-3-2-4-7-12/h2-4,6-7,13,15H,5,8-10H2,1H3. The molecule has 2 aromatic rings. The second kappa shape index (κ2) is 5.57. The molecule has 4 nitrogen and oxygen atoms in total. The first-order chi connectivity index (χ1) is 9.31. The Balaban J connectivity index is 1.65. The van der Waals surface area contributed by atoms with Gasteiger partial charge in [-0.1, -0.05) is 29.5 Å². The first-order valence-electron chi connectivity index (χ1n) is 6.68. The van der Waals surface area contributed by atoms with E-state index in [0.29, 0.717) is 6.04 Å². The maximum atomic E-state index is 4.25. The smallest absolute Gasteiger partial charge is 0.208 e. The number of para-hydroxylation sites is 1. The number of rotatable bonds is 3. The van der Waals surface area contributed by atoms with Gasteiger partial charge < -0.3 is 10.2 Å². The van der Waals surface area contributed by atoms with Gasteiger partial charge in [-0.2, -0.15) is 0 Å². The van der Waals surface area contributed by atoms with Gasteiger partial charge >= 0.3 is 0 Å². The topological polar surface area (TPSA) is 41.1 Å². The van der Waals surface area contributed by atoms with Crippen LogP contribution in [0.1, 0.15) is 17.8 Å². The van der Waals surface area contributed by atoms with Gasteiger partial charge in [-0.3, -0.25) is 0 Å². The maximum Gasteiger partial charge on any atom is 0.208 e. The molecule has 1 aromatic heterocycles.